The largest absolute Gasteiger partial charge is 0.353 e. The van der Waals surface area contributed by atoms with Crippen LogP contribution in [0.25, 0.3) is 0 Å². The Morgan fingerprint density at radius 2 is 1.81 bits per heavy atom. The molecule has 1 aromatic heterocycles. The van der Waals surface area contributed by atoms with Crippen molar-refractivity contribution in [3.63, 3.8) is 0 Å². The average molecular weight is 413 g/mol. The maximum Gasteiger partial charge on any atom is 0.322 e. The summed E-state index contributed by atoms with van der Waals surface area (Å²) in [4.78, 5) is 27.4. The third-order valence-corrected chi connectivity index (χ3v) is 5.46. The summed E-state index contributed by atoms with van der Waals surface area (Å²) in [6.07, 6.45) is 3.86. The van der Waals surface area contributed by atoms with Gasteiger partial charge in [-0.15, -0.1) is 0 Å². The van der Waals surface area contributed by atoms with Crippen molar-refractivity contribution in [1.82, 2.24) is 9.47 Å². The van der Waals surface area contributed by atoms with Gasteiger partial charge in [0.1, 0.15) is 0 Å². The number of likely N-dealkylation sites (tertiary alicyclic amines) is 1. The van der Waals surface area contributed by atoms with E-state index >= 15 is 0 Å². The van der Waals surface area contributed by atoms with Crippen LogP contribution in [0.3, 0.4) is 0 Å². The fourth-order valence-electron chi connectivity index (χ4n) is 3.94. The van der Waals surface area contributed by atoms with Crippen LogP contribution in [0.1, 0.15) is 40.5 Å². The first-order valence-corrected chi connectivity index (χ1v) is 10.2. The highest BCUT2D eigenvalue weighted by Crippen LogP contribution is 2.32. The van der Waals surface area contributed by atoms with Gasteiger partial charge in [0.25, 0.3) is 5.91 Å². The summed E-state index contributed by atoms with van der Waals surface area (Å²) in [6, 6.07) is 19.5. The van der Waals surface area contributed by atoms with Crippen molar-refractivity contribution in [3.8, 4) is 6.07 Å². The second-order valence-corrected chi connectivity index (χ2v) is 7.55. The normalized spacial score (nSPS) is 15.4. The van der Waals surface area contributed by atoms with E-state index in [1.807, 2.05) is 40.9 Å². The molecule has 2 heterocycles. The fourth-order valence-corrected chi connectivity index (χ4v) is 3.94. The number of rotatable bonds is 4. The van der Waals surface area contributed by atoms with E-state index in [1.54, 1.807) is 48.5 Å². The summed E-state index contributed by atoms with van der Waals surface area (Å²) in [6.45, 7) is 0.692. The van der Waals surface area contributed by atoms with Crippen LogP contribution in [0.2, 0.25) is 0 Å². The van der Waals surface area contributed by atoms with Crippen LogP contribution >= 0.6 is 0 Å². The molecule has 0 spiro atoms. The average Bonchev–Trinajstić information content (AvgIpc) is 3.42. The molecule has 1 fully saturated rings. The van der Waals surface area contributed by atoms with Crippen molar-refractivity contribution in [2.75, 3.05) is 17.2 Å². The fraction of sp³-hybridized carbons (Fsp3) is 0.208. The van der Waals surface area contributed by atoms with Gasteiger partial charge in [-0.2, -0.15) is 5.26 Å². The molecule has 1 unspecified atom stereocenters. The van der Waals surface area contributed by atoms with Gasteiger partial charge in [-0.3, -0.25) is 4.79 Å². The zero-order valence-corrected chi connectivity index (χ0v) is 17.2. The number of benzene rings is 2. The third kappa shape index (κ3) is 4.43. The molecule has 0 radical (unpaired) electrons. The van der Waals surface area contributed by atoms with Crippen molar-refractivity contribution >= 4 is 23.3 Å². The molecule has 1 aliphatic heterocycles. The number of nitriles is 1. The Labute approximate surface area is 180 Å². The molecule has 0 saturated carbocycles. The Kier molecular flexibility index (Phi) is 5.72. The lowest BCUT2D eigenvalue weighted by Crippen LogP contribution is -2.35. The Morgan fingerprint density at radius 1 is 1.03 bits per heavy atom. The van der Waals surface area contributed by atoms with Crippen molar-refractivity contribution in [2.24, 2.45) is 7.05 Å². The highest BCUT2D eigenvalue weighted by atomic mass is 16.2. The van der Waals surface area contributed by atoms with E-state index in [0.29, 0.717) is 29.0 Å². The van der Waals surface area contributed by atoms with Crippen LogP contribution in [0, 0.1) is 11.3 Å². The molecule has 7 nitrogen and oxygen atoms in total. The molecule has 156 valence electrons. The van der Waals surface area contributed by atoms with Crippen LogP contribution in [-0.4, -0.2) is 28.0 Å². The predicted molar refractivity (Wildman–Crippen MR) is 119 cm³/mol. The van der Waals surface area contributed by atoms with Crippen LogP contribution in [0.4, 0.5) is 16.2 Å². The topological polar surface area (TPSA) is 90.2 Å². The molecule has 3 aromatic rings. The van der Waals surface area contributed by atoms with Crippen molar-refractivity contribution in [2.45, 2.75) is 18.9 Å². The maximum atomic E-state index is 12.9. The highest BCUT2D eigenvalue weighted by molar-refractivity contribution is 6.05. The maximum absolute atomic E-state index is 12.9. The van der Waals surface area contributed by atoms with Crippen molar-refractivity contribution in [1.29, 1.82) is 5.26 Å². The Morgan fingerprint density at radius 3 is 2.55 bits per heavy atom. The van der Waals surface area contributed by atoms with Gasteiger partial charge >= 0.3 is 6.03 Å². The molecule has 3 amide bonds. The van der Waals surface area contributed by atoms with Crippen LogP contribution < -0.4 is 10.6 Å². The number of nitrogens with zero attached hydrogens (tertiary/aromatic N) is 3. The molecular weight excluding hydrogens is 390 g/mol. The summed E-state index contributed by atoms with van der Waals surface area (Å²) < 4.78 is 2.04. The van der Waals surface area contributed by atoms with E-state index < -0.39 is 0 Å². The van der Waals surface area contributed by atoms with Gasteiger partial charge in [-0.05, 0) is 61.4 Å². The minimum absolute atomic E-state index is 0.0406. The summed E-state index contributed by atoms with van der Waals surface area (Å²) >= 11 is 0. The number of carbonyl (C=O) groups is 2. The molecule has 1 atom stereocenters. The van der Waals surface area contributed by atoms with Crippen molar-refractivity contribution in [3.05, 3.63) is 83.7 Å². The van der Waals surface area contributed by atoms with Crippen LogP contribution in [0.5, 0.6) is 0 Å². The van der Waals surface area contributed by atoms with Gasteiger partial charge in [0.15, 0.2) is 0 Å². The zero-order chi connectivity index (χ0) is 21.8. The van der Waals surface area contributed by atoms with E-state index in [1.165, 1.54) is 0 Å². The minimum atomic E-state index is -0.311. The first-order valence-electron chi connectivity index (χ1n) is 10.2. The Hall–Kier alpha value is -4.05. The first kappa shape index (κ1) is 20.2. The van der Waals surface area contributed by atoms with Crippen LogP contribution in [-0.2, 0) is 7.05 Å². The number of nitrogens with one attached hydrogen (secondary N) is 2. The van der Waals surface area contributed by atoms with Crippen molar-refractivity contribution < 1.29 is 9.59 Å². The highest BCUT2D eigenvalue weighted by Gasteiger charge is 2.31. The van der Waals surface area contributed by atoms with Gasteiger partial charge < -0.3 is 20.1 Å². The first-order chi connectivity index (χ1) is 15.0. The number of amides is 3. The molecule has 2 N–H and O–H groups in total. The second kappa shape index (κ2) is 8.76. The molecule has 7 heteroatoms. The molecule has 0 aliphatic carbocycles. The molecule has 4 rings (SSSR count). The molecule has 0 bridgehead atoms. The number of hydrogen-bond donors (Lipinski definition) is 2. The number of carbonyl (C=O) groups excluding carboxylic acids is 2. The monoisotopic (exact) mass is 413 g/mol. The molecule has 2 aromatic carbocycles. The lowest BCUT2D eigenvalue weighted by atomic mass is 10.1. The Bertz CT molecular complexity index is 1160. The molecular formula is C24H23N5O2. The number of aryl methyl sites for hydroxylation is 1. The zero-order valence-electron chi connectivity index (χ0n) is 17.2. The number of urea groups is 1. The predicted octanol–water partition coefficient (Wildman–Crippen LogP) is 4.52. The molecule has 31 heavy (non-hydrogen) atoms. The number of hydrogen-bond acceptors (Lipinski definition) is 3. The lowest BCUT2D eigenvalue weighted by Gasteiger charge is -2.25. The van der Waals surface area contributed by atoms with Gasteiger partial charge in [0.2, 0.25) is 0 Å². The van der Waals surface area contributed by atoms with Crippen LogP contribution in [0.15, 0.2) is 66.9 Å². The molecule has 1 saturated heterocycles. The summed E-state index contributed by atoms with van der Waals surface area (Å²) in [5, 5.41) is 14.7. The quantitative estimate of drug-likeness (QED) is 0.659. The van der Waals surface area contributed by atoms with E-state index in [0.717, 1.165) is 18.5 Å². The number of anilines is 2. The standard InChI is InChI=1S/C24H23N5O2/c1-28-12-4-10-21(28)22-11-5-13-29(22)24(31)27-20-9-3-7-18(15-20)23(30)26-19-8-2-6-17(14-19)16-25/h2-4,6-10,12,14-15,22H,5,11,13H2,1H3,(H,26,30)(H,27,31). The SMILES string of the molecule is Cn1cccc1C1CCCN1C(=O)Nc1cccc(C(=O)Nc2cccc(C#N)c2)c1. The number of aromatic nitrogens is 1. The van der Waals surface area contributed by atoms with Gasteiger partial charge in [-0.1, -0.05) is 12.1 Å². The Balaban J connectivity index is 1.45. The van der Waals surface area contributed by atoms with Gasteiger partial charge in [-0.25, -0.2) is 4.79 Å². The van der Waals surface area contributed by atoms with E-state index in [4.69, 9.17) is 5.26 Å². The van der Waals surface area contributed by atoms with Gasteiger partial charge in [0.05, 0.1) is 17.7 Å². The summed E-state index contributed by atoms with van der Waals surface area (Å²) in [7, 11) is 1.98. The smallest absolute Gasteiger partial charge is 0.322 e. The van der Waals surface area contributed by atoms with E-state index in [2.05, 4.69) is 10.6 Å². The third-order valence-electron chi connectivity index (χ3n) is 5.46. The van der Waals surface area contributed by atoms with E-state index in [9.17, 15) is 9.59 Å². The molecule has 1 aliphatic rings. The summed E-state index contributed by atoms with van der Waals surface area (Å²) in [5.41, 5.74) is 3.10. The minimum Gasteiger partial charge on any atom is -0.353 e. The second-order valence-electron chi connectivity index (χ2n) is 7.55. The van der Waals surface area contributed by atoms with E-state index in [-0.39, 0.29) is 18.0 Å². The summed E-state index contributed by atoms with van der Waals surface area (Å²) in [5.74, 6) is -0.311. The lowest BCUT2D eigenvalue weighted by molar-refractivity contribution is 0.102. The van der Waals surface area contributed by atoms with Gasteiger partial charge in [0, 0.05) is 42.4 Å².